The molecule has 0 aliphatic carbocycles. The molecule has 3 aliphatic heterocycles. The Morgan fingerprint density at radius 3 is 2.72 bits per heavy atom. The van der Waals surface area contributed by atoms with E-state index in [0.717, 1.165) is 24.4 Å². The van der Waals surface area contributed by atoms with Crippen molar-refractivity contribution in [3.8, 4) is 0 Å². The van der Waals surface area contributed by atoms with Gasteiger partial charge in [0.25, 0.3) is 0 Å². The number of aliphatic hydroxyl groups excluding tert-OH is 1. The van der Waals surface area contributed by atoms with Gasteiger partial charge in [0.1, 0.15) is 18.0 Å². The first-order chi connectivity index (χ1) is 12.0. The maximum Gasteiger partial charge on any atom is 0.163 e. The second kappa shape index (κ2) is 7.00. The molecule has 4 atom stereocenters. The van der Waals surface area contributed by atoms with Gasteiger partial charge in [0, 0.05) is 0 Å². The summed E-state index contributed by atoms with van der Waals surface area (Å²) in [7, 11) is 0. The number of ether oxygens (including phenoxy) is 3. The summed E-state index contributed by atoms with van der Waals surface area (Å²) >= 11 is 1.67. The summed E-state index contributed by atoms with van der Waals surface area (Å²) in [6.07, 6.45) is 4.45. The lowest BCUT2D eigenvalue weighted by molar-refractivity contribution is -0.156. The molecule has 5 nitrogen and oxygen atoms in total. The fourth-order valence-electron chi connectivity index (χ4n) is 4.05. The quantitative estimate of drug-likeness (QED) is 0.893. The van der Waals surface area contributed by atoms with Crippen LogP contribution in [0.25, 0.3) is 6.08 Å². The summed E-state index contributed by atoms with van der Waals surface area (Å²) in [4.78, 5) is 2.37. The number of thiophene rings is 1. The van der Waals surface area contributed by atoms with Gasteiger partial charge in [-0.15, -0.1) is 0 Å². The molecule has 0 saturated carbocycles. The van der Waals surface area contributed by atoms with E-state index in [1.807, 2.05) is 13.8 Å². The van der Waals surface area contributed by atoms with Crippen molar-refractivity contribution in [1.82, 2.24) is 4.90 Å². The van der Waals surface area contributed by atoms with E-state index in [1.54, 1.807) is 11.3 Å². The summed E-state index contributed by atoms with van der Waals surface area (Å²) in [6.45, 7) is 6.27. The smallest absolute Gasteiger partial charge is 0.163 e. The van der Waals surface area contributed by atoms with Crippen molar-refractivity contribution in [2.75, 3.05) is 19.7 Å². The van der Waals surface area contributed by atoms with Gasteiger partial charge < -0.3 is 19.3 Å². The van der Waals surface area contributed by atoms with Crippen molar-refractivity contribution in [3.63, 3.8) is 0 Å². The molecule has 0 radical (unpaired) electrons. The molecule has 3 aliphatic rings. The van der Waals surface area contributed by atoms with E-state index in [2.05, 4.69) is 27.8 Å². The predicted molar refractivity (Wildman–Crippen MR) is 97.3 cm³/mol. The number of hydrogen-bond donors (Lipinski definition) is 1. The number of nitrogens with zero attached hydrogens (tertiary/aromatic N) is 1. The number of likely N-dealkylation sites (tertiary alicyclic amines) is 1. The standard InChI is InChI=1S/C19H27NO4S/c1-19(2)22-11-15(24-19)18-17(21)16(20-7-4-3-5-8-20)14(23-18)10-13-6-9-25-12-13/h6,9-10,12,15-18,21H,3-5,7-8,11H2,1-2H3/b14-10-/t15-,16+,17-,18-/m1/s1. The molecule has 3 fully saturated rings. The zero-order valence-electron chi connectivity index (χ0n) is 14.9. The first kappa shape index (κ1) is 17.5. The average Bonchev–Trinajstić information content (AvgIpc) is 3.29. The van der Waals surface area contributed by atoms with Crippen LogP contribution < -0.4 is 0 Å². The molecular formula is C19H27NO4S. The van der Waals surface area contributed by atoms with Gasteiger partial charge in [0.2, 0.25) is 0 Å². The van der Waals surface area contributed by atoms with Gasteiger partial charge in [0.05, 0.1) is 12.6 Å². The van der Waals surface area contributed by atoms with Crippen LogP contribution in [0.3, 0.4) is 0 Å². The maximum atomic E-state index is 11.1. The molecule has 4 rings (SSSR count). The monoisotopic (exact) mass is 365 g/mol. The summed E-state index contributed by atoms with van der Waals surface area (Å²) in [5, 5.41) is 15.2. The Hall–Kier alpha value is -0.920. The van der Waals surface area contributed by atoms with Crippen LogP contribution in [0.5, 0.6) is 0 Å². The molecule has 1 aromatic heterocycles. The van der Waals surface area contributed by atoms with Crippen LogP contribution in [-0.4, -0.2) is 59.8 Å². The lowest BCUT2D eigenvalue weighted by Crippen LogP contribution is -2.49. The Morgan fingerprint density at radius 2 is 2.08 bits per heavy atom. The van der Waals surface area contributed by atoms with Gasteiger partial charge in [-0.05, 0) is 68.2 Å². The Morgan fingerprint density at radius 1 is 1.28 bits per heavy atom. The molecule has 0 unspecified atom stereocenters. The minimum absolute atomic E-state index is 0.0995. The molecule has 1 N–H and O–H groups in total. The Kier molecular flexibility index (Phi) is 4.90. The zero-order chi connectivity index (χ0) is 17.4. The lowest BCUT2D eigenvalue weighted by atomic mass is 9.99. The van der Waals surface area contributed by atoms with Gasteiger partial charge in [0.15, 0.2) is 11.9 Å². The maximum absolute atomic E-state index is 11.1. The molecule has 0 bridgehead atoms. The highest BCUT2D eigenvalue weighted by molar-refractivity contribution is 7.08. The molecule has 0 aromatic carbocycles. The van der Waals surface area contributed by atoms with Gasteiger partial charge >= 0.3 is 0 Å². The van der Waals surface area contributed by atoms with Crippen molar-refractivity contribution in [1.29, 1.82) is 0 Å². The van der Waals surface area contributed by atoms with Crippen LogP contribution in [0, 0.1) is 0 Å². The van der Waals surface area contributed by atoms with E-state index in [1.165, 1.54) is 19.3 Å². The Bertz CT molecular complexity index is 609. The van der Waals surface area contributed by atoms with E-state index in [9.17, 15) is 5.11 Å². The molecule has 138 valence electrons. The Balaban J connectivity index is 1.59. The molecular weight excluding hydrogens is 338 g/mol. The molecule has 3 saturated heterocycles. The number of rotatable bonds is 3. The minimum atomic E-state index is -0.617. The summed E-state index contributed by atoms with van der Waals surface area (Å²) in [5.41, 5.74) is 1.12. The molecule has 6 heteroatoms. The van der Waals surface area contributed by atoms with Crippen LogP contribution in [0.4, 0.5) is 0 Å². The average molecular weight is 365 g/mol. The van der Waals surface area contributed by atoms with Crippen LogP contribution in [-0.2, 0) is 14.2 Å². The SMILES string of the molecule is CC1(C)OC[C@H]([C@H]2O/C(=C\c3ccsc3)[C@H](N3CCCCC3)[C@H]2O)O1. The van der Waals surface area contributed by atoms with Gasteiger partial charge in [-0.25, -0.2) is 0 Å². The normalized spacial score (nSPS) is 37.5. The molecule has 25 heavy (non-hydrogen) atoms. The van der Waals surface area contributed by atoms with Gasteiger partial charge in [-0.3, -0.25) is 4.90 Å². The molecule has 1 aromatic rings. The van der Waals surface area contributed by atoms with Crippen molar-refractivity contribution >= 4 is 17.4 Å². The fraction of sp³-hybridized carbons (Fsp3) is 0.684. The van der Waals surface area contributed by atoms with E-state index in [4.69, 9.17) is 14.2 Å². The van der Waals surface area contributed by atoms with Gasteiger partial charge in [-0.1, -0.05) is 6.42 Å². The third kappa shape index (κ3) is 3.64. The third-order valence-corrected chi connectivity index (χ3v) is 5.96. The topological polar surface area (TPSA) is 51.2 Å². The number of hydrogen-bond acceptors (Lipinski definition) is 6. The van der Waals surface area contributed by atoms with Crippen LogP contribution in [0.15, 0.2) is 22.6 Å². The largest absolute Gasteiger partial charge is 0.487 e. The summed E-state index contributed by atoms with van der Waals surface area (Å²) in [6, 6.07) is 1.98. The van der Waals surface area contributed by atoms with Crippen molar-refractivity contribution in [3.05, 3.63) is 28.1 Å². The van der Waals surface area contributed by atoms with Crippen LogP contribution in [0.1, 0.15) is 38.7 Å². The fourth-order valence-corrected chi connectivity index (χ4v) is 4.67. The van der Waals surface area contributed by atoms with E-state index in [0.29, 0.717) is 6.61 Å². The predicted octanol–water partition coefficient (Wildman–Crippen LogP) is 2.85. The van der Waals surface area contributed by atoms with Gasteiger partial charge in [-0.2, -0.15) is 11.3 Å². The molecule has 4 heterocycles. The van der Waals surface area contributed by atoms with E-state index >= 15 is 0 Å². The van der Waals surface area contributed by atoms with E-state index in [-0.39, 0.29) is 12.1 Å². The minimum Gasteiger partial charge on any atom is -0.487 e. The van der Waals surface area contributed by atoms with E-state index < -0.39 is 18.0 Å². The second-order valence-electron chi connectivity index (χ2n) is 7.59. The molecule has 0 spiro atoms. The third-order valence-electron chi connectivity index (χ3n) is 5.26. The number of aliphatic hydroxyl groups is 1. The van der Waals surface area contributed by atoms with Crippen LogP contribution in [0.2, 0.25) is 0 Å². The zero-order valence-corrected chi connectivity index (χ0v) is 15.7. The highest BCUT2D eigenvalue weighted by Crippen LogP contribution is 2.37. The van der Waals surface area contributed by atoms with Crippen molar-refractivity contribution < 1.29 is 19.3 Å². The first-order valence-electron chi connectivity index (χ1n) is 9.18. The highest BCUT2D eigenvalue weighted by atomic mass is 32.1. The lowest BCUT2D eigenvalue weighted by Gasteiger charge is -2.33. The number of piperidine rings is 1. The Labute approximate surface area is 153 Å². The highest BCUT2D eigenvalue weighted by Gasteiger charge is 2.51. The first-order valence-corrected chi connectivity index (χ1v) is 10.1. The van der Waals surface area contributed by atoms with Crippen molar-refractivity contribution in [2.45, 2.75) is 63.3 Å². The van der Waals surface area contributed by atoms with Crippen LogP contribution >= 0.6 is 11.3 Å². The van der Waals surface area contributed by atoms with Crippen molar-refractivity contribution in [2.24, 2.45) is 0 Å². The summed E-state index contributed by atoms with van der Waals surface area (Å²) in [5.74, 6) is 0.236. The second-order valence-corrected chi connectivity index (χ2v) is 8.37. The molecule has 0 amide bonds. The summed E-state index contributed by atoms with van der Waals surface area (Å²) < 4.78 is 17.9.